The third-order valence-corrected chi connectivity index (χ3v) is 3.17. The first-order chi connectivity index (χ1) is 9.10. The Kier molecular flexibility index (Phi) is 4.27. The fourth-order valence-corrected chi connectivity index (χ4v) is 1.75. The summed E-state index contributed by atoms with van der Waals surface area (Å²) in [7, 11) is 1.51. The molecule has 1 amide bonds. The van der Waals surface area contributed by atoms with Gasteiger partial charge in [0.25, 0.3) is 0 Å². The van der Waals surface area contributed by atoms with Crippen LogP contribution in [-0.2, 0) is 11.3 Å². The van der Waals surface area contributed by atoms with Gasteiger partial charge in [-0.25, -0.2) is 0 Å². The summed E-state index contributed by atoms with van der Waals surface area (Å²) in [5.41, 5.74) is 0.959. The number of aromatic hydroxyl groups is 1. The summed E-state index contributed by atoms with van der Waals surface area (Å²) in [6, 6.07) is 5.29. The number of benzene rings is 1. The molecule has 1 aromatic carbocycles. The first-order valence-corrected chi connectivity index (χ1v) is 6.50. The molecule has 104 valence electrons. The van der Waals surface area contributed by atoms with Gasteiger partial charge in [-0.05, 0) is 37.5 Å². The Bertz CT molecular complexity index is 458. The highest BCUT2D eigenvalue weighted by Gasteiger charge is 2.25. The predicted octanol–water partition coefficient (Wildman–Crippen LogP) is 1.16. The van der Waals surface area contributed by atoms with Crippen molar-refractivity contribution >= 4 is 5.91 Å². The fraction of sp³-hybridized carbons (Fsp3) is 0.500. The molecule has 0 spiro atoms. The smallest absolute Gasteiger partial charge is 0.237 e. The van der Waals surface area contributed by atoms with E-state index in [1.54, 1.807) is 18.2 Å². The highest BCUT2D eigenvalue weighted by molar-refractivity contribution is 5.81. The van der Waals surface area contributed by atoms with Crippen LogP contribution in [0.4, 0.5) is 0 Å². The van der Waals surface area contributed by atoms with E-state index >= 15 is 0 Å². The Morgan fingerprint density at radius 2 is 2.26 bits per heavy atom. The van der Waals surface area contributed by atoms with Crippen molar-refractivity contribution in [2.45, 2.75) is 38.4 Å². The Morgan fingerprint density at radius 1 is 1.53 bits per heavy atom. The Balaban J connectivity index is 1.85. The quantitative estimate of drug-likeness (QED) is 0.721. The van der Waals surface area contributed by atoms with Crippen molar-refractivity contribution in [2.75, 3.05) is 7.11 Å². The molecule has 5 nitrogen and oxygen atoms in total. The number of amides is 1. The van der Waals surface area contributed by atoms with Crippen molar-refractivity contribution in [2.24, 2.45) is 0 Å². The van der Waals surface area contributed by atoms with Crippen LogP contribution in [0, 0.1) is 0 Å². The van der Waals surface area contributed by atoms with E-state index in [0.29, 0.717) is 18.3 Å². The standard InChI is InChI=1S/C14H20N2O3/c1-9(14(18)16-11-4-5-11)15-8-10-3-6-12(17)13(7-10)19-2/h3,6-7,9,11,15,17H,4-5,8H2,1-2H3,(H,16,18). The predicted molar refractivity (Wildman–Crippen MR) is 72.1 cm³/mol. The van der Waals surface area contributed by atoms with Gasteiger partial charge in [-0.1, -0.05) is 6.07 Å². The summed E-state index contributed by atoms with van der Waals surface area (Å²) >= 11 is 0. The number of carbonyl (C=O) groups is 1. The van der Waals surface area contributed by atoms with E-state index in [1.165, 1.54) is 7.11 Å². The summed E-state index contributed by atoms with van der Waals surface area (Å²) in [5.74, 6) is 0.591. The lowest BCUT2D eigenvalue weighted by Gasteiger charge is -2.14. The molecule has 0 saturated heterocycles. The molecule has 0 aromatic heterocycles. The topological polar surface area (TPSA) is 70.6 Å². The van der Waals surface area contributed by atoms with Crippen LogP contribution in [0.15, 0.2) is 18.2 Å². The number of phenols is 1. The average Bonchev–Trinajstić information content (AvgIpc) is 3.21. The van der Waals surface area contributed by atoms with Gasteiger partial charge >= 0.3 is 0 Å². The molecular formula is C14H20N2O3. The third-order valence-electron chi connectivity index (χ3n) is 3.17. The number of methoxy groups -OCH3 is 1. The summed E-state index contributed by atoms with van der Waals surface area (Å²) in [4.78, 5) is 11.8. The second kappa shape index (κ2) is 5.93. The number of nitrogens with one attached hydrogen (secondary N) is 2. The van der Waals surface area contributed by atoms with E-state index in [4.69, 9.17) is 4.74 Å². The summed E-state index contributed by atoms with van der Waals surface area (Å²) in [5, 5.41) is 15.6. The van der Waals surface area contributed by atoms with Crippen LogP contribution in [0.25, 0.3) is 0 Å². The summed E-state index contributed by atoms with van der Waals surface area (Å²) < 4.78 is 5.04. The van der Waals surface area contributed by atoms with Crippen molar-refractivity contribution in [3.8, 4) is 11.5 Å². The third kappa shape index (κ3) is 3.86. The number of ether oxygens (including phenoxy) is 1. The molecule has 0 radical (unpaired) electrons. The lowest BCUT2D eigenvalue weighted by molar-refractivity contribution is -0.122. The molecule has 0 heterocycles. The number of phenolic OH excluding ortho intramolecular Hbond substituents is 1. The highest BCUT2D eigenvalue weighted by Crippen LogP contribution is 2.26. The zero-order valence-corrected chi connectivity index (χ0v) is 11.3. The monoisotopic (exact) mass is 264 g/mol. The lowest BCUT2D eigenvalue weighted by Crippen LogP contribution is -2.42. The Hall–Kier alpha value is -1.75. The zero-order chi connectivity index (χ0) is 13.8. The van der Waals surface area contributed by atoms with E-state index in [2.05, 4.69) is 10.6 Å². The van der Waals surface area contributed by atoms with Crippen LogP contribution in [0.5, 0.6) is 11.5 Å². The van der Waals surface area contributed by atoms with Gasteiger partial charge in [-0.3, -0.25) is 4.79 Å². The van der Waals surface area contributed by atoms with Gasteiger partial charge in [0.05, 0.1) is 13.2 Å². The van der Waals surface area contributed by atoms with Gasteiger partial charge in [-0.15, -0.1) is 0 Å². The highest BCUT2D eigenvalue weighted by atomic mass is 16.5. The summed E-state index contributed by atoms with van der Waals surface area (Å²) in [6.07, 6.45) is 2.18. The minimum Gasteiger partial charge on any atom is -0.504 e. The molecule has 5 heteroatoms. The van der Waals surface area contributed by atoms with Crippen LogP contribution in [0.1, 0.15) is 25.3 Å². The van der Waals surface area contributed by atoms with Gasteiger partial charge in [0.15, 0.2) is 11.5 Å². The van der Waals surface area contributed by atoms with Crippen molar-refractivity contribution in [3.05, 3.63) is 23.8 Å². The van der Waals surface area contributed by atoms with Crippen LogP contribution < -0.4 is 15.4 Å². The molecule has 19 heavy (non-hydrogen) atoms. The number of hydrogen-bond donors (Lipinski definition) is 3. The minimum absolute atomic E-state index is 0.0354. The van der Waals surface area contributed by atoms with Crippen LogP contribution in [0.2, 0.25) is 0 Å². The number of hydrogen-bond acceptors (Lipinski definition) is 4. The van der Waals surface area contributed by atoms with Crippen molar-refractivity contribution < 1.29 is 14.6 Å². The van der Waals surface area contributed by atoms with E-state index in [0.717, 1.165) is 18.4 Å². The molecule has 0 aliphatic heterocycles. The maximum absolute atomic E-state index is 11.8. The van der Waals surface area contributed by atoms with E-state index in [-0.39, 0.29) is 17.7 Å². The molecule has 1 atom stereocenters. The molecule has 3 N–H and O–H groups in total. The molecule has 1 fully saturated rings. The second-order valence-corrected chi connectivity index (χ2v) is 4.89. The van der Waals surface area contributed by atoms with E-state index in [1.807, 2.05) is 6.92 Å². The Morgan fingerprint density at radius 3 is 2.89 bits per heavy atom. The molecule has 2 rings (SSSR count). The summed E-state index contributed by atoms with van der Waals surface area (Å²) in [6.45, 7) is 2.39. The van der Waals surface area contributed by atoms with Crippen LogP contribution >= 0.6 is 0 Å². The van der Waals surface area contributed by atoms with Crippen LogP contribution in [-0.4, -0.2) is 30.2 Å². The van der Waals surface area contributed by atoms with Gasteiger partial charge < -0.3 is 20.5 Å². The molecule has 1 aromatic rings. The molecule has 1 aliphatic rings. The van der Waals surface area contributed by atoms with E-state index < -0.39 is 0 Å². The molecular weight excluding hydrogens is 244 g/mol. The minimum atomic E-state index is -0.236. The lowest BCUT2D eigenvalue weighted by atomic mass is 10.2. The first-order valence-electron chi connectivity index (χ1n) is 6.50. The molecule has 1 aliphatic carbocycles. The molecule has 1 saturated carbocycles. The fourth-order valence-electron chi connectivity index (χ4n) is 1.75. The van der Waals surface area contributed by atoms with Gasteiger partial charge in [0.2, 0.25) is 5.91 Å². The Labute approximate surface area is 113 Å². The molecule has 0 bridgehead atoms. The first kappa shape index (κ1) is 13.7. The van der Waals surface area contributed by atoms with Gasteiger partial charge in [0, 0.05) is 12.6 Å². The maximum atomic E-state index is 11.8. The largest absolute Gasteiger partial charge is 0.504 e. The van der Waals surface area contributed by atoms with E-state index in [9.17, 15) is 9.90 Å². The molecule has 1 unspecified atom stereocenters. The normalized spacial score (nSPS) is 15.9. The van der Waals surface area contributed by atoms with Crippen molar-refractivity contribution in [3.63, 3.8) is 0 Å². The second-order valence-electron chi connectivity index (χ2n) is 4.89. The number of rotatable bonds is 6. The van der Waals surface area contributed by atoms with Gasteiger partial charge in [0.1, 0.15) is 0 Å². The van der Waals surface area contributed by atoms with Crippen molar-refractivity contribution in [1.29, 1.82) is 0 Å². The average molecular weight is 264 g/mol. The van der Waals surface area contributed by atoms with Crippen LogP contribution in [0.3, 0.4) is 0 Å². The number of carbonyl (C=O) groups excluding carboxylic acids is 1. The van der Waals surface area contributed by atoms with Crippen molar-refractivity contribution in [1.82, 2.24) is 10.6 Å². The maximum Gasteiger partial charge on any atom is 0.237 e. The zero-order valence-electron chi connectivity index (χ0n) is 11.3. The van der Waals surface area contributed by atoms with Gasteiger partial charge in [-0.2, -0.15) is 0 Å². The SMILES string of the molecule is COc1cc(CNC(C)C(=O)NC2CC2)ccc1O.